The van der Waals surface area contributed by atoms with Crippen molar-refractivity contribution in [3.8, 4) is 5.75 Å². The van der Waals surface area contributed by atoms with Crippen molar-refractivity contribution in [2.24, 2.45) is 0 Å². The van der Waals surface area contributed by atoms with Crippen LogP contribution < -0.4 is 20.3 Å². The van der Waals surface area contributed by atoms with Gasteiger partial charge in [0, 0.05) is 76.2 Å². The molecule has 0 unspecified atom stereocenters. The summed E-state index contributed by atoms with van der Waals surface area (Å²) < 4.78 is 29.1. The summed E-state index contributed by atoms with van der Waals surface area (Å²) in [7, 11) is 9.00. The third kappa shape index (κ3) is 15.2. The number of aliphatic hydroxyl groups is 1. The molecule has 0 saturated carbocycles. The molecular weight excluding hydrogens is 942 g/mol. The summed E-state index contributed by atoms with van der Waals surface area (Å²) in [5.41, 5.74) is -1.32. The Balaban J connectivity index is 1.47. The third-order valence-corrected chi connectivity index (χ3v) is 15.6. The van der Waals surface area contributed by atoms with Gasteiger partial charge in [-0.05, 0) is 79.0 Å². The molecule has 18 nitrogen and oxygen atoms in total. The van der Waals surface area contributed by atoms with Gasteiger partial charge in [0.1, 0.15) is 40.7 Å². The number of nitrogens with one attached hydrogen (secondary N) is 2. The molecule has 376 valence electrons. The molecule has 3 heterocycles. The maximum atomic E-state index is 14.3. The van der Waals surface area contributed by atoms with Crippen molar-refractivity contribution in [1.82, 2.24) is 20.4 Å². The van der Waals surface area contributed by atoms with Gasteiger partial charge in [-0.15, -0.1) is 0 Å². The SMILES string of the molecule is COc1cc2cc(c1Cl)N(C)C(=O)C[C@H](OC(=O)[C@H](C)N(C)C(=O)CCC(C)(C)SSCCNC(=O)CCN1C(=O)C=CC1=O)C(C)(C)O[C@H](C)[C@@H]1C[C@@](O)(NC(=O)O1)[C@H](OC)/C=C/C=C(\C)C2. The lowest BCUT2D eigenvalue weighted by molar-refractivity contribution is -0.203. The van der Waals surface area contributed by atoms with Crippen molar-refractivity contribution in [3.63, 3.8) is 0 Å². The molecule has 0 aliphatic carbocycles. The summed E-state index contributed by atoms with van der Waals surface area (Å²) >= 11 is 6.80. The highest BCUT2D eigenvalue weighted by Crippen LogP contribution is 2.40. The molecule has 0 spiro atoms. The van der Waals surface area contributed by atoms with Crippen molar-refractivity contribution in [3.05, 3.63) is 58.7 Å². The number of esters is 1. The third-order valence-electron chi connectivity index (χ3n) is 11.9. The van der Waals surface area contributed by atoms with Crippen LogP contribution in [0.3, 0.4) is 0 Å². The highest BCUT2D eigenvalue weighted by molar-refractivity contribution is 8.77. The molecule has 6 atom stereocenters. The maximum absolute atomic E-state index is 14.3. The van der Waals surface area contributed by atoms with Gasteiger partial charge in [-0.25, -0.2) is 9.59 Å². The zero-order chi connectivity index (χ0) is 50.7. The van der Waals surface area contributed by atoms with E-state index in [4.69, 9.17) is 35.3 Å². The van der Waals surface area contributed by atoms with Gasteiger partial charge >= 0.3 is 12.1 Å². The Hall–Kier alpha value is -4.60. The van der Waals surface area contributed by atoms with Crippen LogP contribution in [-0.4, -0.2) is 150 Å². The van der Waals surface area contributed by atoms with Crippen LogP contribution in [0.25, 0.3) is 0 Å². The van der Waals surface area contributed by atoms with Crippen molar-refractivity contribution in [2.75, 3.05) is 52.1 Å². The quantitative estimate of drug-likeness (QED) is 0.0831. The zero-order valence-corrected chi connectivity index (χ0v) is 43.1. The summed E-state index contributed by atoms with van der Waals surface area (Å²) in [6.45, 7) is 12.7. The highest BCUT2D eigenvalue weighted by atomic mass is 35.5. The first-order valence-corrected chi connectivity index (χ1v) is 25.0. The number of imide groups is 1. The molecular formula is C47H66ClN5O13S2. The van der Waals surface area contributed by atoms with Gasteiger partial charge in [0.2, 0.25) is 17.7 Å². The number of fused-ring (bicyclic) bond motifs is 4. The molecule has 4 bridgehead atoms. The fraction of sp³-hybridized carbons (Fsp3) is 0.596. The number of hydrogen-bond donors (Lipinski definition) is 3. The Morgan fingerprint density at radius 2 is 1.79 bits per heavy atom. The lowest BCUT2D eigenvalue weighted by atomic mass is 9.93. The minimum Gasteiger partial charge on any atom is -0.495 e. The molecule has 1 saturated heterocycles. The van der Waals surface area contributed by atoms with Crippen LogP contribution in [0.5, 0.6) is 5.75 Å². The largest absolute Gasteiger partial charge is 0.495 e. The summed E-state index contributed by atoms with van der Waals surface area (Å²) in [4.78, 5) is 94.2. The summed E-state index contributed by atoms with van der Waals surface area (Å²) in [5.74, 6) is -1.85. The molecule has 3 aliphatic rings. The molecule has 0 aromatic heterocycles. The number of amides is 6. The summed E-state index contributed by atoms with van der Waals surface area (Å²) in [6, 6.07) is 2.46. The average Bonchev–Trinajstić information content (AvgIpc) is 3.59. The molecule has 3 aliphatic heterocycles. The van der Waals surface area contributed by atoms with E-state index in [1.807, 2.05) is 26.8 Å². The van der Waals surface area contributed by atoms with E-state index in [1.165, 1.54) is 60.9 Å². The van der Waals surface area contributed by atoms with E-state index in [2.05, 4.69) is 10.6 Å². The number of ether oxygens (including phenoxy) is 5. The number of nitrogens with zero attached hydrogens (tertiary/aromatic N) is 3. The molecule has 0 radical (unpaired) electrons. The minimum absolute atomic E-state index is 0.000693. The van der Waals surface area contributed by atoms with E-state index in [9.17, 15) is 38.7 Å². The van der Waals surface area contributed by atoms with E-state index < -0.39 is 78.0 Å². The van der Waals surface area contributed by atoms with Crippen molar-refractivity contribution in [1.29, 1.82) is 0 Å². The van der Waals surface area contributed by atoms with Gasteiger partial charge in [-0.3, -0.25) is 34.2 Å². The maximum Gasteiger partial charge on any atom is 0.409 e. The number of hydrogen-bond acceptors (Lipinski definition) is 15. The monoisotopic (exact) mass is 1010 g/mol. The van der Waals surface area contributed by atoms with E-state index >= 15 is 0 Å². The Bertz CT molecular complexity index is 2130. The fourth-order valence-electron chi connectivity index (χ4n) is 7.58. The number of carbonyl (C=O) groups excluding carboxylic acids is 7. The van der Waals surface area contributed by atoms with Crippen LogP contribution in [0, 0.1) is 0 Å². The van der Waals surface area contributed by atoms with Gasteiger partial charge in [-0.1, -0.05) is 57.0 Å². The van der Waals surface area contributed by atoms with Crippen LogP contribution in [0.15, 0.2) is 48.1 Å². The lowest BCUT2D eigenvalue weighted by Crippen LogP contribution is -2.64. The van der Waals surface area contributed by atoms with Gasteiger partial charge in [0.25, 0.3) is 11.8 Å². The molecule has 21 heteroatoms. The van der Waals surface area contributed by atoms with Crippen LogP contribution in [-0.2, 0) is 54.1 Å². The number of halogens is 1. The zero-order valence-electron chi connectivity index (χ0n) is 40.7. The Morgan fingerprint density at radius 3 is 2.44 bits per heavy atom. The van der Waals surface area contributed by atoms with Crippen LogP contribution in [0.4, 0.5) is 10.5 Å². The van der Waals surface area contributed by atoms with Gasteiger partial charge in [-0.2, -0.15) is 0 Å². The first-order chi connectivity index (χ1) is 31.8. The smallest absolute Gasteiger partial charge is 0.409 e. The second-order valence-electron chi connectivity index (χ2n) is 18.2. The molecule has 6 amide bonds. The Labute approximate surface area is 411 Å². The van der Waals surface area contributed by atoms with Crippen molar-refractivity contribution in [2.45, 2.75) is 134 Å². The van der Waals surface area contributed by atoms with Crippen molar-refractivity contribution < 1.29 is 62.4 Å². The Morgan fingerprint density at radius 1 is 1.12 bits per heavy atom. The van der Waals surface area contributed by atoms with Gasteiger partial charge in [0.15, 0.2) is 5.72 Å². The Kier molecular flexibility index (Phi) is 20.0. The number of benzene rings is 1. The lowest BCUT2D eigenvalue weighted by Gasteiger charge is -2.44. The average molecular weight is 1010 g/mol. The first-order valence-electron chi connectivity index (χ1n) is 22.3. The van der Waals surface area contributed by atoms with E-state index in [-0.39, 0.29) is 47.4 Å². The summed E-state index contributed by atoms with van der Waals surface area (Å²) in [6.07, 6.45) is 2.86. The van der Waals surface area contributed by atoms with Crippen molar-refractivity contribution >= 4 is 80.5 Å². The number of alkyl carbamates (subject to hydrolysis) is 1. The minimum atomic E-state index is -1.90. The fourth-order valence-corrected chi connectivity index (χ4v) is 10.4. The van der Waals surface area contributed by atoms with Crippen LogP contribution >= 0.6 is 33.2 Å². The molecule has 1 aromatic carbocycles. The molecule has 1 aromatic rings. The van der Waals surface area contributed by atoms with Crippen LogP contribution in [0.2, 0.25) is 5.02 Å². The molecule has 68 heavy (non-hydrogen) atoms. The number of rotatable bonds is 16. The van der Waals surface area contributed by atoms with E-state index in [0.29, 0.717) is 36.6 Å². The second-order valence-corrected chi connectivity index (χ2v) is 21.7. The number of carbonyl (C=O) groups is 7. The van der Waals surface area contributed by atoms with E-state index in [0.717, 1.165) is 16.0 Å². The number of likely N-dealkylation sites (N-methyl/N-ethyl adjacent to an activating group) is 1. The second kappa shape index (κ2) is 24.3. The predicted molar refractivity (Wildman–Crippen MR) is 260 cm³/mol. The molecule has 3 N–H and O–H groups in total. The topological polar surface area (TPSA) is 220 Å². The molecule has 1 fully saturated rings. The predicted octanol–water partition coefficient (Wildman–Crippen LogP) is 5.28. The molecule has 4 rings (SSSR count). The standard InChI is InChI=1S/C47H66ClN5O13S2/c1-28-13-12-14-35(63-11)47(61)27-34(64-44(60)50-47)30(3)66-46(6,7)36(26-41(58)52(9)32-24-31(23-28)25-33(62-10)42(32)48)65-43(59)29(2)51(8)38(55)17-19-45(4,5)68-67-22-20-49-37(54)18-21-53-39(56)15-16-40(53)57/h12-16,24-25,29-30,34-36,61H,17-23,26-27H2,1-11H3,(H,49,54)(H,50,60)/b14-12+,28-13+/t29-,30+,34-,35+,36-,47-/m0/s1. The first kappa shape index (κ1) is 56.0. The number of methoxy groups -OCH3 is 2. The van der Waals surface area contributed by atoms with Gasteiger partial charge < -0.3 is 43.9 Å². The number of allylic oxidation sites excluding steroid dienone is 3. The van der Waals surface area contributed by atoms with Crippen LogP contribution in [0.1, 0.15) is 86.1 Å². The highest BCUT2D eigenvalue weighted by Gasteiger charge is 2.49. The van der Waals surface area contributed by atoms with E-state index in [1.54, 1.807) is 62.9 Å². The number of anilines is 1. The summed E-state index contributed by atoms with van der Waals surface area (Å²) in [5, 5.41) is 17.2. The van der Waals surface area contributed by atoms with Gasteiger partial charge in [0.05, 0.1) is 25.3 Å². The normalized spacial score (nSPS) is 25.2.